The molecule has 0 aliphatic heterocycles. The van der Waals surface area contributed by atoms with E-state index in [1.54, 1.807) is 24.5 Å². The second-order valence-electron chi connectivity index (χ2n) is 7.86. The van der Waals surface area contributed by atoms with Crippen molar-refractivity contribution in [2.45, 2.75) is 0 Å². The number of ketones is 2. The molecule has 0 radical (unpaired) electrons. The van der Waals surface area contributed by atoms with Gasteiger partial charge in [-0.25, -0.2) is 9.97 Å². The Morgan fingerprint density at radius 1 is 0.706 bits per heavy atom. The molecule has 0 fully saturated rings. The van der Waals surface area contributed by atoms with Crippen LogP contribution in [0, 0.1) is 0 Å². The number of hydrogen-bond acceptors (Lipinski definition) is 6. The van der Waals surface area contributed by atoms with Gasteiger partial charge in [-0.05, 0) is 59.3 Å². The zero-order valence-corrected chi connectivity index (χ0v) is 18.7. The van der Waals surface area contributed by atoms with Crippen LogP contribution in [0.15, 0.2) is 103 Å². The van der Waals surface area contributed by atoms with Crippen LogP contribution in [0.1, 0.15) is 25.6 Å². The molecule has 0 spiro atoms. The van der Waals surface area contributed by atoms with Gasteiger partial charge in [-0.3, -0.25) is 14.5 Å². The first-order valence-electron chi connectivity index (χ1n) is 10.7. The lowest BCUT2D eigenvalue weighted by Gasteiger charge is -2.20. The van der Waals surface area contributed by atoms with Gasteiger partial charge in [-0.1, -0.05) is 42.5 Å². The Bertz CT molecular complexity index is 1490. The summed E-state index contributed by atoms with van der Waals surface area (Å²) in [7, 11) is 0. The Morgan fingerprint density at radius 3 is 1.97 bits per heavy atom. The summed E-state index contributed by atoms with van der Waals surface area (Å²) in [6.45, 7) is 0. The lowest BCUT2D eigenvalue weighted by molar-refractivity contribution is 0.0990. The summed E-state index contributed by atoms with van der Waals surface area (Å²) >= 11 is 1.47. The van der Waals surface area contributed by atoms with Crippen LogP contribution in [0.2, 0.25) is 0 Å². The minimum Gasteiger partial charge on any atom is -0.288 e. The molecule has 0 unspecified atom stereocenters. The first kappa shape index (κ1) is 20.2. The minimum atomic E-state index is -0.230. The minimum absolute atomic E-state index is 0.195. The highest BCUT2D eigenvalue weighted by molar-refractivity contribution is 7.17. The molecule has 1 aliphatic carbocycles. The molecular formula is C28H17N3O2S. The lowest BCUT2D eigenvalue weighted by atomic mass is 10.0. The third-order valence-corrected chi connectivity index (χ3v) is 6.77. The number of thiophene rings is 1. The molecule has 0 N–H and O–H groups in total. The van der Waals surface area contributed by atoms with Gasteiger partial charge >= 0.3 is 0 Å². The van der Waals surface area contributed by atoms with Crippen LogP contribution >= 0.6 is 11.3 Å². The van der Waals surface area contributed by atoms with Gasteiger partial charge in [0.15, 0.2) is 11.6 Å². The second kappa shape index (κ2) is 8.17. The van der Waals surface area contributed by atoms with Crippen molar-refractivity contribution in [2.24, 2.45) is 0 Å². The number of benzene rings is 3. The average Bonchev–Trinajstić information content (AvgIpc) is 3.43. The van der Waals surface area contributed by atoms with Gasteiger partial charge in [0.25, 0.3) is 0 Å². The van der Waals surface area contributed by atoms with Gasteiger partial charge in [-0.2, -0.15) is 0 Å². The quantitative estimate of drug-likeness (QED) is 0.223. The maximum Gasteiger partial charge on any atom is 0.235 e. The number of anilines is 3. The molecule has 0 saturated heterocycles. The van der Waals surface area contributed by atoms with E-state index in [0.717, 1.165) is 26.3 Å². The van der Waals surface area contributed by atoms with Crippen LogP contribution in [0.4, 0.5) is 16.6 Å². The Hall–Kier alpha value is -4.42. The normalized spacial score (nSPS) is 12.8. The molecule has 6 rings (SSSR count). The number of aromatic nitrogens is 2. The van der Waals surface area contributed by atoms with Crippen LogP contribution in [0.25, 0.3) is 16.8 Å². The first-order valence-corrected chi connectivity index (χ1v) is 11.6. The average molecular weight is 460 g/mol. The number of Topliss-reactive ketones (excluding diaryl/α,β-unsaturated/α-hetero) is 2. The third kappa shape index (κ3) is 3.41. The van der Waals surface area contributed by atoms with Gasteiger partial charge in [0, 0.05) is 34.1 Å². The zero-order valence-electron chi connectivity index (χ0n) is 17.9. The molecule has 5 nitrogen and oxygen atoms in total. The van der Waals surface area contributed by atoms with E-state index in [9.17, 15) is 9.59 Å². The number of nitrogens with zero attached hydrogens (tertiary/aromatic N) is 3. The van der Waals surface area contributed by atoms with Crippen molar-refractivity contribution in [3.05, 3.63) is 119 Å². The highest BCUT2D eigenvalue weighted by Gasteiger charge is 2.33. The van der Waals surface area contributed by atoms with Crippen molar-refractivity contribution >= 4 is 56.4 Å². The summed E-state index contributed by atoms with van der Waals surface area (Å²) < 4.78 is 0. The monoisotopic (exact) mass is 459 g/mol. The molecular weight excluding hydrogens is 442 g/mol. The van der Waals surface area contributed by atoms with Crippen molar-refractivity contribution in [2.75, 3.05) is 4.90 Å². The summed E-state index contributed by atoms with van der Waals surface area (Å²) in [6.07, 6.45) is 5.09. The fourth-order valence-corrected chi connectivity index (χ4v) is 5.12. The molecule has 34 heavy (non-hydrogen) atoms. The number of fused-ring (bicyclic) bond motifs is 2. The molecule has 2 heterocycles. The van der Waals surface area contributed by atoms with E-state index >= 15 is 0 Å². The molecule has 1 aliphatic rings. The summed E-state index contributed by atoms with van der Waals surface area (Å²) in [6, 6.07) is 26.9. The summed E-state index contributed by atoms with van der Waals surface area (Å²) in [5.41, 5.74) is 2.05. The molecule has 0 saturated carbocycles. The first-order chi connectivity index (χ1) is 16.7. The van der Waals surface area contributed by atoms with Crippen molar-refractivity contribution < 1.29 is 9.59 Å². The van der Waals surface area contributed by atoms with E-state index in [0.29, 0.717) is 17.1 Å². The van der Waals surface area contributed by atoms with Crippen LogP contribution in [-0.2, 0) is 0 Å². The largest absolute Gasteiger partial charge is 0.288 e. The second-order valence-corrected chi connectivity index (χ2v) is 8.95. The van der Waals surface area contributed by atoms with Crippen molar-refractivity contribution in [1.29, 1.82) is 0 Å². The maximum absolute atomic E-state index is 13.1. The van der Waals surface area contributed by atoms with Crippen LogP contribution in [0.5, 0.6) is 0 Å². The third-order valence-electron chi connectivity index (χ3n) is 5.75. The summed E-state index contributed by atoms with van der Waals surface area (Å²) in [5.74, 6) is 0.0842. The molecule has 3 aromatic carbocycles. The Balaban J connectivity index is 1.39. The predicted molar refractivity (Wildman–Crippen MR) is 135 cm³/mol. The van der Waals surface area contributed by atoms with E-state index in [1.807, 2.05) is 83.8 Å². The standard InChI is InChI=1S/C28H17N3O2S/c32-26-22-15-18-7-4-5-8-19(18)16-23(22)27(33)24(26)17-21-11-12-25(34-21)31(20-9-2-1-3-10-20)28-29-13-6-14-30-28/h1-17H. The predicted octanol–water partition coefficient (Wildman–Crippen LogP) is 6.62. The van der Waals surface area contributed by atoms with Crippen LogP contribution in [0.3, 0.4) is 0 Å². The Morgan fingerprint density at radius 2 is 1.32 bits per heavy atom. The maximum atomic E-state index is 13.1. The molecule has 2 aromatic heterocycles. The molecule has 0 bridgehead atoms. The Kier molecular flexibility index (Phi) is 4.86. The van der Waals surface area contributed by atoms with Crippen molar-refractivity contribution in [3.63, 3.8) is 0 Å². The lowest BCUT2D eigenvalue weighted by Crippen LogP contribution is -2.11. The van der Waals surface area contributed by atoms with Crippen LogP contribution < -0.4 is 4.90 Å². The molecule has 162 valence electrons. The van der Waals surface area contributed by atoms with E-state index in [-0.39, 0.29) is 17.1 Å². The van der Waals surface area contributed by atoms with Gasteiger partial charge in [0.2, 0.25) is 5.95 Å². The summed E-state index contributed by atoms with van der Waals surface area (Å²) in [5, 5.41) is 2.78. The van der Waals surface area contributed by atoms with E-state index in [1.165, 1.54) is 11.3 Å². The van der Waals surface area contributed by atoms with E-state index < -0.39 is 0 Å². The number of carbonyl (C=O) groups is 2. The Labute approximate surface area is 199 Å². The number of hydrogen-bond donors (Lipinski definition) is 0. The molecule has 0 amide bonds. The van der Waals surface area contributed by atoms with E-state index in [4.69, 9.17) is 0 Å². The highest BCUT2D eigenvalue weighted by Crippen LogP contribution is 2.38. The van der Waals surface area contributed by atoms with Gasteiger partial charge < -0.3 is 0 Å². The highest BCUT2D eigenvalue weighted by atomic mass is 32.1. The van der Waals surface area contributed by atoms with Crippen molar-refractivity contribution in [1.82, 2.24) is 9.97 Å². The summed E-state index contributed by atoms with van der Waals surface area (Å²) in [4.78, 5) is 37.8. The smallest absolute Gasteiger partial charge is 0.235 e. The molecule has 6 heteroatoms. The molecule has 0 atom stereocenters. The number of allylic oxidation sites excluding steroid dienone is 1. The fraction of sp³-hybridized carbons (Fsp3) is 0. The van der Waals surface area contributed by atoms with E-state index in [2.05, 4.69) is 9.97 Å². The van der Waals surface area contributed by atoms with Gasteiger partial charge in [0.05, 0.1) is 5.57 Å². The van der Waals surface area contributed by atoms with Crippen LogP contribution in [-0.4, -0.2) is 21.5 Å². The van der Waals surface area contributed by atoms with Gasteiger partial charge in [-0.15, -0.1) is 11.3 Å². The van der Waals surface area contributed by atoms with Crippen molar-refractivity contribution in [3.8, 4) is 0 Å². The number of para-hydroxylation sites is 1. The fourth-order valence-electron chi connectivity index (χ4n) is 4.15. The SMILES string of the molecule is O=C1C(=Cc2ccc(N(c3ccccc3)c3ncccn3)s2)C(=O)c2cc3ccccc3cc21. The van der Waals surface area contributed by atoms with Gasteiger partial charge in [0.1, 0.15) is 5.00 Å². The topological polar surface area (TPSA) is 63.2 Å². The molecule has 5 aromatic rings. The number of rotatable bonds is 4. The zero-order chi connectivity index (χ0) is 23.1. The number of carbonyl (C=O) groups excluding carboxylic acids is 2.